The van der Waals surface area contributed by atoms with E-state index in [1.165, 1.54) is 12.1 Å². The van der Waals surface area contributed by atoms with Crippen LogP contribution in [0.15, 0.2) is 48.5 Å². The van der Waals surface area contributed by atoms with E-state index < -0.39 is 6.61 Å². The molecule has 7 heteroatoms. The molecule has 0 spiro atoms. The molecule has 1 aliphatic rings. The van der Waals surface area contributed by atoms with Crippen molar-refractivity contribution >= 4 is 11.6 Å². The highest BCUT2D eigenvalue weighted by molar-refractivity contribution is 5.97. The molecule has 0 saturated carbocycles. The maximum absolute atomic E-state index is 12.8. The van der Waals surface area contributed by atoms with Crippen molar-refractivity contribution in [2.75, 3.05) is 37.7 Å². The van der Waals surface area contributed by atoms with Gasteiger partial charge >= 0.3 is 6.61 Å². The zero-order valence-electron chi connectivity index (χ0n) is 15.1. The number of piperazine rings is 1. The van der Waals surface area contributed by atoms with Gasteiger partial charge in [0.15, 0.2) is 0 Å². The monoisotopic (exact) mass is 376 g/mol. The minimum atomic E-state index is -2.97. The van der Waals surface area contributed by atoms with Crippen LogP contribution in [-0.4, -0.2) is 50.2 Å². The van der Waals surface area contributed by atoms with E-state index in [1.807, 2.05) is 31.2 Å². The van der Waals surface area contributed by atoms with E-state index in [-0.39, 0.29) is 17.2 Å². The first-order valence-electron chi connectivity index (χ1n) is 8.90. The van der Waals surface area contributed by atoms with Gasteiger partial charge in [-0.05, 0) is 31.2 Å². The minimum Gasteiger partial charge on any atom is -0.492 e. The van der Waals surface area contributed by atoms with E-state index in [0.29, 0.717) is 32.8 Å². The zero-order chi connectivity index (χ0) is 19.2. The normalized spacial score (nSPS) is 14.4. The summed E-state index contributed by atoms with van der Waals surface area (Å²) in [6, 6.07) is 13.9. The molecule has 0 unspecified atom stereocenters. The van der Waals surface area contributed by atoms with Gasteiger partial charge in [0.05, 0.1) is 17.9 Å². The molecule has 1 aliphatic heterocycles. The van der Waals surface area contributed by atoms with E-state index in [4.69, 9.17) is 4.74 Å². The lowest BCUT2D eigenvalue weighted by atomic mass is 10.1. The maximum atomic E-state index is 12.8. The third-order valence-electron chi connectivity index (χ3n) is 4.41. The number of hydrogen-bond donors (Lipinski definition) is 0. The number of rotatable bonds is 6. The molecule has 1 fully saturated rings. The number of amides is 1. The molecule has 0 atom stereocenters. The summed E-state index contributed by atoms with van der Waals surface area (Å²) in [5, 5.41) is 0. The highest BCUT2D eigenvalue weighted by Crippen LogP contribution is 2.29. The zero-order valence-corrected chi connectivity index (χ0v) is 15.1. The van der Waals surface area contributed by atoms with Crippen LogP contribution in [0.3, 0.4) is 0 Å². The Labute approximate surface area is 157 Å². The van der Waals surface area contributed by atoms with Crippen LogP contribution in [0, 0.1) is 0 Å². The molecule has 1 amide bonds. The number of halogens is 2. The van der Waals surface area contributed by atoms with Gasteiger partial charge in [0.25, 0.3) is 5.91 Å². The second kappa shape index (κ2) is 8.70. The Morgan fingerprint density at radius 1 is 1.00 bits per heavy atom. The number of benzene rings is 2. The van der Waals surface area contributed by atoms with Crippen LogP contribution in [-0.2, 0) is 0 Å². The number of carbonyl (C=O) groups is 1. The topological polar surface area (TPSA) is 42.0 Å². The quantitative estimate of drug-likeness (QED) is 0.772. The maximum Gasteiger partial charge on any atom is 0.387 e. The number of nitrogens with zero attached hydrogens (tertiary/aromatic N) is 2. The predicted molar refractivity (Wildman–Crippen MR) is 98.8 cm³/mol. The third-order valence-corrected chi connectivity index (χ3v) is 4.41. The molecule has 144 valence electrons. The van der Waals surface area contributed by atoms with Crippen molar-refractivity contribution in [2.45, 2.75) is 13.5 Å². The van der Waals surface area contributed by atoms with Crippen molar-refractivity contribution in [1.82, 2.24) is 4.90 Å². The van der Waals surface area contributed by atoms with Crippen molar-refractivity contribution < 1.29 is 23.0 Å². The van der Waals surface area contributed by atoms with Crippen molar-refractivity contribution in [3.8, 4) is 11.5 Å². The van der Waals surface area contributed by atoms with Gasteiger partial charge in [-0.2, -0.15) is 8.78 Å². The number of alkyl halides is 2. The molecule has 1 saturated heterocycles. The van der Waals surface area contributed by atoms with Crippen LogP contribution in [0.5, 0.6) is 11.5 Å². The first kappa shape index (κ1) is 18.9. The fourth-order valence-electron chi connectivity index (χ4n) is 3.16. The summed E-state index contributed by atoms with van der Waals surface area (Å²) in [6.45, 7) is 1.79. The van der Waals surface area contributed by atoms with Crippen LogP contribution in [0.25, 0.3) is 0 Å². The van der Waals surface area contributed by atoms with Gasteiger partial charge in [-0.1, -0.05) is 24.3 Å². The lowest BCUT2D eigenvalue weighted by Crippen LogP contribution is -2.49. The number of para-hydroxylation sites is 3. The second-order valence-corrected chi connectivity index (χ2v) is 6.05. The van der Waals surface area contributed by atoms with E-state index in [9.17, 15) is 13.6 Å². The Kier molecular flexibility index (Phi) is 6.11. The molecule has 0 radical (unpaired) electrons. The van der Waals surface area contributed by atoms with Gasteiger partial charge in [-0.25, -0.2) is 0 Å². The largest absolute Gasteiger partial charge is 0.492 e. The molecule has 0 bridgehead atoms. The fraction of sp³-hybridized carbons (Fsp3) is 0.350. The molecular weight excluding hydrogens is 354 g/mol. The van der Waals surface area contributed by atoms with Crippen molar-refractivity contribution in [1.29, 1.82) is 0 Å². The number of hydrogen-bond acceptors (Lipinski definition) is 4. The average Bonchev–Trinajstić information content (AvgIpc) is 2.68. The Balaban J connectivity index is 1.69. The fourth-order valence-corrected chi connectivity index (χ4v) is 3.16. The minimum absolute atomic E-state index is 0.0957. The van der Waals surface area contributed by atoms with Crippen molar-refractivity contribution in [3.05, 3.63) is 54.1 Å². The summed E-state index contributed by atoms with van der Waals surface area (Å²) in [5.74, 6) is 0.418. The summed E-state index contributed by atoms with van der Waals surface area (Å²) >= 11 is 0. The molecule has 0 N–H and O–H groups in total. The Morgan fingerprint density at radius 3 is 2.30 bits per heavy atom. The summed E-state index contributed by atoms with van der Waals surface area (Å²) < 4.78 is 35.3. The van der Waals surface area contributed by atoms with Gasteiger partial charge in [-0.3, -0.25) is 4.79 Å². The summed E-state index contributed by atoms with van der Waals surface area (Å²) in [6.07, 6.45) is 0. The summed E-state index contributed by atoms with van der Waals surface area (Å²) in [5.41, 5.74) is 1.15. The SMILES string of the molecule is CCOc1ccccc1N1CCN(C(=O)c2ccccc2OC(F)F)CC1. The highest BCUT2D eigenvalue weighted by Gasteiger charge is 2.26. The standard InChI is InChI=1S/C20H22F2N2O3/c1-2-26-18-10-6-4-8-16(18)23-11-13-24(14-12-23)19(25)15-7-3-5-9-17(15)27-20(21)22/h3-10,20H,2,11-14H2,1H3. The third kappa shape index (κ3) is 4.48. The van der Waals surface area contributed by atoms with Crippen LogP contribution < -0.4 is 14.4 Å². The van der Waals surface area contributed by atoms with E-state index >= 15 is 0 Å². The number of ether oxygens (including phenoxy) is 2. The molecular formula is C20H22F2N2O3. The van der Waals surface area contributed by atoms with Crippen molar-refractivity contribution in [2.24, 2.45) is 0 Å². The van der Waals surface area contributed by atoms with Gasteiger partial charge in [0.1, 0.15) is 11.5 Å². The van der Waals surface area contributed by atoms with E-state index in [2.05, 4.69) is 9.64 Å². The van der Waals surface area contributed by atoms with Gasteiger partial charge in [0.2, 0.25) is 0 Å². The van der Waals surface area contributed by atoms with Gasteiger partial charge in [0, 0.05) is 26.2 Å². The molecule has 0 aliphatic carbocycles. The molecule has 27 heavy (non-hydrogen) atoms. The predicted octanol–water partition coefficient (Wildman–Crippen LogP) is 3.65. The summed E-state index contributed by atoms with van der Waals surface area (Å²) in [4.78, 5) is 16.6. The first-order valence-corrected chi connectivity index (χ1v) is 8.90. The van der Waals surface area contributed by atoms with Crippen molar-refractivity contribution in [3.63, 3.8) is 0 Å². The van der Waals surface area contributed by atoms with E-state index in [0.717, 1.165) is 11.4 Å². The van der Waals surface area contributed by atoms with Gasteiger partial charge in [-0.15, -0.1) is 0 Å². The van der Waals surface area contributed by atoms with Gasteiger partial charge < -0.3 is 19.3 Å². The Morgan fingerprint density at radius 2 is 1.63 bits per heavy atom. The lowest BCUT2D eigenvalue weighted by Gasteiger charge is -2.36. The number of carbonyl (C=O) groups excluding carboxylic acids is 1. The summed E-state index contributed by atoms with van der Waals surface area (Å²) in [7, 11) is 0. The van der Waals surface area contributed by atoms with Crippen LogP contribution in [0.2, 0.25) is 0 Å². The van der Waals surface area contributed by atoms with E-state index in [1.54, 1.807) is 17.0 Å². The van der Waals surface area contributed by atoms with Crippen LogP contribution in [0.1, 0.15) is 17.3 Å². The van der Waals surface area contributed by atoms with Crippen LogP contribution >= 0.6 is 0 Å². The molecule has 1 heterocycles. The Hall–Kier alpha value is -2.83. The Bertz CT molecular complexity index is 777. The smallest absolute Gasteiger partial charge is 0.387 e. The molecule has 3 rings (SSSR count). The average molecular weight is 376 g/mol. The molecule has 2 aromatic carbocycles. The molecule has 0 aromatic heterocycles. The molecule has 2 aromatic rings. The second-order valence-electron chi connectivity index (χ2n) is 6.05. The highest BCUT2D eigenvalue weighted by atomic mass is 19.3. The first-order chi connectivity index (χ1) is 13.1. The number of anilines is 1. The lowest BCUT2D eigenvalue weighted by molar-refractivity contribution is -0.0502. The van der Waals surface area contributed by atoms with Crippen LogP contribution in [0.4, 0.5) is 14.5 Å². The molecule has 5 nitrogen and oxygen atoms in total.